The van der Waals surface area contributed by atoms with Gasteiger partial charge in [0.2, 0.25) is 0 Å². The van der Waals surface area contributed by atoms with E-state index in [1.54, 1.807) is 0 Å². The van der Waals surface area contributed by atoms with Crippen LogP contribution >= 0.6 is 34.2 Å². The van der Waals surface area contributed by atoms with Gasteiger partial charge in [0.25, 0.3) is 5.69 Å². The van der Waals surface area contributed by atoms with Crippen molar-refractivity contribution < 1.29 is 9.66 Å². The van der Waals surface area contributed by atoms with E-state index in [-0.39, 0.29) is 10.7 Å². The van der Waals surface area contributed by atoms with Crippen LogP contribution in [0.2, 0.25) is 5.02 Å². The molecule has 2 rings (SSSR count). The smallest absolute Gasteiger partial charge is 0.288 e. The Bertz CT molecular complexity index is 601. The van der Waals surface area contributed by atoms with Crippen molar-refractivity contribution in [3.63, 3.8) is 0 Å². The Labute approximate surface area is 128 Å². The van der Waals surface area contributed by atoms with Crippen molar-refractivity contribution in [2.24, 2.45) is 0 Å². The zero-order valence-electron chi connectivity index (χ0n) is 9.68. The van der Waals surface area contributed by atoms with Crippen LogP contribution < -0.4 is 4.74 Å². The molecule has 0 heterocycles. The number of hydrogen-bond acceptors (Lipinski definition) is 3. The second kappa shape index (κ2) is 6.21. The van der Waals surface area contributed by atoms with Gasteiger partial charge in [-0.2, -0.15) is 0 Å². The first-order chi connectivity index (χ1) is 9.06. The van der Waals surface area contributed by atoms with Crippen LogP contribution in [0.4, 0.5) is 5.69 Å². The summed E-state index contributed by atoms with van der Waals surface area (Å²) in [5.74, 6) is 0.508. The maximum Gasteiger partial charge on any atom is 0.288 e. The molecule has 2 aromatic carbocycles. The lowest BCUT2D eigenvalue weighted by atomic mass is 10.2. The number of nitro benzene ring substituents is 1. The fourth-order valence-corrected chi connectivity index (χ4v) is 2.07. The molecule has 0 N–H and O–H groups in total. The SMILES string of the molecule is O=[N+]([O-])c1ccc(OCc2ccc(I)cc2)cc1Cl. The lowest BCUT2D eigenvalue weighted by Gasteiger charge is -2.06. The van der Waals surface area contributed by atoms with Gasteiger partial charge in [0, 0.05) is 15.7 Å². The topological polar surface area (TPSA) is 52.4 Å². The Morgan fingerprint density at radius 2 is 1.89 bits per heavy atom. The summed E-state index contributed by atoms with van der Waals surface area (Å²) >= 11 is 8.03. The maximum atomic E-state index is 10.6. The summed E-state index contributed by atoms with van der Waals surface area (Å²) < 4.78 is 6.69. The molecule has 2 aromatic rings. The molecular weight excluding hydrogens is 381 g/mol. The number of nitrogens with zero attached hydrogens (tertiary/aromatic N) is 1. The van der Waals surface area contributed by atoms with E-state index in [9.17, 15) is 10.1 Å². The molecule has 98 valence electrons. The van der Waals surface area contributed by atoms with Crippen molar-refractivity contribution in [3.8, 4) is 5.75 Å². The second-order valence-corrected chi connectivity index (χ2v) is 5.44. The van der Waals surface area contributed by atoms with E-state index in [0.717, 1.165) is 9.13 Å². The van der Waals surface area contributed by atoms with Gasteiger partial charge < -0.3 is 4.74 Å². The molecular formula is C13H9ClINO3. The van der Waals surface area contributed by atoms with E-state index >= 15 is 0 Å². The van der Waals surface area contributed by atoms with Crippen molar-refractivity contribution in [1.29, 1.82) is 0 Å². The molecule has 0 aliphatic carbocycles. The molecule has 0 saturated carbocycles. The van der Waals surface area contributed by atoms with Crippen LogP contribution in [0.15, 0.2) is 42.5 Å². The fourth-order valence-electron chi connectivity index (χ4n) is 1.47. The third-order valence-electron chi connectivity index (χ3n) is 2.43. The first-order valence-electron chi connectivity index (χ1n) is 5.37. The predicted molar refractivity (Wildman–Crippen MR) is 81.6 cm³/mol. The molecule has 0 unspecified atom stereocenters. The number of halogens is 2. The van der Waals surface area contributed by atoms with Gasteiger partial charge >= 0.3 is 0 Å². The van der Waals surface area contributed by atoms with Crippen molar-refractivity contribution >= 4 is 39.9 Å². The fraction of sp³-hybridized carbons (Fsp3) is 0.0769. The summed E-state index contributed by atoms with van der Waals surface area (Å²) in [6.45, 7) is 0.394. The molecule has 0 saturated heterocycles. The van der Waals surface area contributed by atoms with Gasteiger partial charge in [-0.25, -0.2) is 0 Å². The van der Waals surface area contributed by atoms with Gasteiger partial charge in [-0.15, -0.1) is 0 Å². The highest BCUT2D eigenvalue weighted by Gasteiger charge is 2.12. The van der Waals surface area contributed by atoms with E-state index in [2.05, 4.69) is 22.6 Å². The molecule has 0 bridgehead atoms. The molecule has 4 nitrogen and oxygen atoms in total. The van der Waals surface area contributed by atoms with E-state index in [0.29, 0.717) is 12.4 Å². The van der Waals surface area contributed by atoms with Gasteiger partial charge in [0.15, 0.2) is 0 Å². The molecule has 0 fully saturated rings. The van der Waals surface area contributed by atoms with Gasteiger partial charge in [0.1, 0.15) is 17.4 Å². The molecule has 0 atom stereocenters. The van der Waals surface area contributed by atoms with Gasteiger partial charge in [-0.05, 0) is 46.4 Å². The summed E-state index contributed by atoms with van der Waals surface area (Å²) in [7, 11) is 0. The first kappa shape index (κ1) is 14.1. The maximum absolute atomic E-state index is 10.6. The molecule has 19 heavy (non-hydrogen) atoms. The summed E-state index contributed by atoms with van der Waals surface area (Å²) in [4.78, 5) is 10.1. The zero-order valence-corrected chi connectivity index (χ0v) is 12.6. The predicted octanol–water partition coefficient (Wildman–Crippen LogP) is 4.43. The Morgan fingerprint density at radius 3 is 2.47 bits per heavy atom. The minimum Gasteiger partial charge on any atom is -0.489 e. The number of ether oxygens (including phenoxy) is 1. The van der Waals surface area contributed by atoms with E-state index in [4.69, 9.17) is 16.3 Å². The van der Waals surface area contributed by atoms with Gasteiger partial charge in [-0.1, -0.05) is 23.7 Å². The number of nitro groups is 1. The molecule has 0 aromatic heterocycles. The van der Waals surface area contributed by atoms with Crippen LogP contribution in [0.3, 0.4) is 0 Å². The Hall–Kier alpha value is -1.34. The molecule has 0 aliphatic rings. The summed E-state index contributed by atoms with van der Waals surface area (Å²) in [5, 5.41) is 10.7. The first-order valence-corrected chi connectivity index (χ1v) is 6.83. The standard InChI is InChI=1S/C13H9ClINO3/c14-12-7-11(5-6-13(12)16(17)18)19-8-9-1-3-10(15)4-2-9/h1-7H,8H2. The molecule has 0 radical (unpaired) electrons. The van der Waals surface area contributed by atoms with Crippen LogP contribution in [0.5, 0.6) is 5.75 Å². The molecule has 0 spiro atoms. The third-order valence-corrected chi connectivity index (χ3v) is 3.46. The number of hydrogen-bond donors (Lipinski definition) is 0. The Morgan fingerprint density at radius 1 is 1.21 bits per heavy atom. The summed E-state index contributed by atoms with van der Waals surface area (Å²) in [6.07, 6.45) is 0. The van der Waals surface area contributed by atoms with E-state index in [1.807, 2.05) is 24.3 Å². The number of rotatable bonds is 4. The Kier molecular flexibility index (Phi) is 4.60. The highest BCUT2D eigenvalue weighted by molar-refractivity contribution is 14.1. The van der Waals surface area contributed by atoms with Gasteiger partial charge in [0.05, 0.1) is 4.92 Å². The minimum absolute atomic E-state index is 0.0742. The summed E-state index contributed by atoms with van der Waals surface area (Å²) in [6, 6.07) is 12.2. The normalized spacial score (nSPS) is 10.2. The van der Waals surface area contributed by atoms with Crippen LogP contribution in [0, 0.1) is 13.7 Å². The van der Waals surface area contributed by atoms with Crippen molar-refractivity contribution in [2.75, 3.05) is 0 Å². The van der Waals surface area contributed by atoms with Crippen LogP contribution in [0.1, 0.15) is 5.56 Å². The van der Waals surface area contributed by atoms with E-state index < -0.39 is 4.92 Å². The van der Waals surface area contributed by atoms with Crippen LogP contribution in [-0.4, -0.2) is 4.92 Å². The minimum atomic E-state index is -0.523. The lowest BCUT2D eigenvalue weighted by molar-refractivity contribution is -0.384. The summed E-state index contributed by atoms with van der Waals surface area (Å²) in [5.41, 5.74) is 0.901. The van der Waals surface area contributed by atoms with Crippen molar-refractivity contribution in [3.05, 3.63) is 66.7 Å². The van der Waals surface area contributed by atoms with Crippen LogP contribution in [-0.2, 0) is 6.61 Å². The average molecular weight is 390 g/mol. The molecule has 6 heteroatoms. The van der Waals surface area contributed by atoms with E-state index in [1.165, 1.54) is 18.2 Å². The highest BCUT2D eigenvalue weighted by atomic mass is 127. The van der Waals surface area contributed by atoms with Crippen molar-refractivity contribution in [1.82, 2.24) is 0 Å². The molecule has 0 aliphatic heterocycles. The second-order valence-electron chi connectivity index (χ2n) is 3.79. The van der Waals surface area contributed by atoms with Crippen molar-refractivity contribution in [2.45, 2.75) is 6.61 Å². The average Bonchev–Trinajstić information content (AvgIpc) is 2.37. The highest BCUT2D eigenvalue weighted by Crippen LogP contribution is 2.28. The zero-order chi connectivity index (χ0) is 13.8. The molecule has 0 amide bonds. The number of benzene rings is 2. The quantitative estimate of drug-likeness (QED) is 0.441. The Balaban J connectivity index is 2.06. The van der Waals surface area contributed by atoms with Crippen LogP contribution in [0.25, 0.3) is 0 Å². The van der Waals surface area contributed by atoms with Gasteiger partial charge in [-0.3, -0.25) is 10.1 Å². The third kappa shape index (κ3) is 3.81. The monoisotopic (exact) mass is 389 g/mol. The lowest BCUT2D eigenvalue weighted by Crippen LogP contribution is -1.96. The largest absolute Gasteiger partial charge is 0.489 e.